The number of piperidine rings is 1. The van der Waals surface area contributed by atoms with Crippen LogP contribution in [0.15, 0.2) is 29.3 Å². The van der Waals surface area contributed by atoms with Crippen LogP contribution in [-0.4, -0.2) is 61.3 Å². The third-order valence-electron chi connectivity index (χ3n) is 5.38. The van der Waals surface area contributed by atoms with E-state index < -0.39 is 0 Å². The van der Waals surface area contributed by atoms with E-state index >= 15 is 0 Å². The number of nitrogens with zero attached hydrogens (tertiary/aromatic N) is 2. The molecule has 5 nitrogen and oxygen atoms in total. The molecule has 0 aromatic heterocycles. The Hall–Kier alpha value is -0.860. The van der Waals surface area contributed by atoms with Crippen molar-refractivity contribution in [3.05, 3.63) is 35.4 Å². The lowest BCUT2D eigenvalue weighted by Gasteiger charge is -2.29. The molecule has 0 radical (unpaired) electrons. The van der Waals surface area contributed by atoms with E-state index in [4.69, 9.17) is 4.99 Å². The summed E-state index contributed by atoms with van der Waals surface area (Å²) in [6, 6.07) is 9.00. The molecule has 0 bridgehead atoms. The zero-order valence-electron chi connectivity index (χ0n) is 18.5. The fourth-order valence-corrected chi connectivity index (χ4v) is 3.54. The molecule has 6 heteroatoms. The fourth-order valence-electron chi connectivity index (χ4n) is 3.54. The van der Waals surface area contributed by atoms with Crippen molar-refractivity contribution < 1.29 is 5.11 Å². The van der Waals surface area contributed by atoms with Crippen molar-refractivity contribution in [2.75, 3.05) is 39.3 Å². The summed E-state index contributed by atoms with van der Waals surface area (Å²) in [5.41, 5.74) is 2.80. The number of hydrogen-bond acceptors (Lipinski definition) is 3. The van der Waals surface area contributed by atoms with E-state index in [1.807, 2.05) is 0 Å². The molecule has 0 unspecified atom stereocenters. The molecule has 0 spiro atoms. The minimum atomic E-state index is -0.0880. The fraction of sp³-hybridized carbons (Fsp3) is 0.696. The summed E-state index contributed by atoms with van der Waals surface area (Å²) in [7, 11) is 0. The Labute approximate surface area is 194 Å². The second-order valence-electron chi connectivity index (χ2n) is 8.11. The minimum Gasteiger partial charge on any atom is -0.393 e. The first-order chi connectivity index (χ1) is 13.6. The maximum absolute atomic E-state index is 9.58. The zero-order chi connectivity index (χ0) is 20.2. The number of aliphatic imine (C=N–C) groups is 1. The summed E-state index contributed by atoms with van der Waals surface area (Å²) < 4.78 is 0. The van der Waals surface area contributed by atoms with Gasteiger partial charge >= 0.3 is 0 Å². The first-order valence-corrected chi connectivity index (χ1v) is 11.1. The number of hydrogen-bond donors (Lipinski definition) is 3. The topological polar surface area (TPSA) is 59.9 Å². The van der Waals surface area contributed by atoms with Gasteiger partial charge in [0.1, 0.15) is 0 Å². The van der Waals surface area contributed by atoms with Gasteiger partial charge in [0.2, 0.25) is 0 Å². The second-order valence-corrected chi connectivity index (χ2v) is 8.11. The van der Waals surface area contributed by atoms with Gasteiger partial charge in [-0.3, -0.25) is 4.99 Å². The molecule has 1 fully saturated rings. The number of benzene rings is 1. The molecule has 166 valence electrons. The van der Waals surface area contributed by atoms with Crippen LogP contribution in [0.2, 0.25) is 0 Å². The number of aliphatic hydroxyl groups is 1. The van der Waals surface area contributed by atoms with Crippen molar-refractivity contribution in [3.8, 4) is 0 Å². The Balaban J connectivity index is 0.00000420. The molecule has 0 amide bonds. The highest BCUT2D eigenvalue weighted by Gasteiger charge is 2.15. The minimum absolute atomic E-state index is 0. The predicted molar refractivity (Wildman–Crippen MR) is 135 cm³/mol. The third-order valence-corrected chi connectivity index (χ3v) is 5.38. The molecule has 29 heavy (non-hydrogen) atoms. The summed E-state index contributed by atoms with van der Waals surface area (Å²) in [5.74, 6) is 1.51. The van der Waals surface area contributed by atoms with Gasteiger partial charge in [0.15, 0.2) is 5.96 Å². The van der Waals surface area contributed by atoms with Crippen molar-refractivity contribution >= 4 is 29.9 Å². The highest BCUT2D eigenvalue weighted by molar-refractivity contribution is 14.0. The van der Waals surface area contributed by atoms with Crippen LogP contribution in [0.4, 0.5) is 0 Å². The van der Waals surface area contributed by atoms with Crippen LogP contribution in [-0.2, 0) is 6.42 Å². The molecule has 1 aromatic carbocycles. The van der Waals surface area contributed by atoms with E-state index in [2.05, 4.69) is 60.6 Å². The summed E-state index contributed by atoms with van der Waals surface area (Å²) >= 11 is 0. The number of rotatable bonds is 10. The second kappa shape index (κ2) is 15.0. The molecular formula is C23H41IN4O. The molecule has 1 aliphatic heterocycles. The van der Waals surface area contributed by atoms with E-state index in [0.29, 0.717) is 5.92 Å². The lowest BCUT2D eigenvalue weighted by Crippen LogP contribution is -2.40. The number of aliphatic hydroxyl groups excluding tert-OH is 1. The Bertz CT molecular complexity index is 569. The number of nitrogens with one attached hydrogen (secondary N) is 2. The van der Waals surface area contributed by atoms with Crippen molar-refractivity contribution in [3.63, 3.8) is 0 Å². The number of aryl methyl sites for hydroxylation is 1. The largest absolute Gasteiger partial charge is 0.393 e. The number of guanidine groups is 1. The summed E-state index contributed by atoms with van der Waals surface area (Å²) in [4.78, 5) is 7.16. The van der Waals surface area contributed by atoms with E-state index in [9.17, 15) is 5.11 Å². The monoisotopic (exact) mass is 516 g/mol. The highest BCUT2D eigenvalue weighted by atomic mass is 127. The average Bonchev–Trinajstić information content (AvgIpc) is 2.70. The van der Waals surface area contributed by atoms with Gasteiger partial charge in [0.05, 0.1) is 6.10 Å². The van der Waals surface area contributed by atoms with Crippen LogP contribution in [0.25, 0.3) is 0 Å². The molecule has 1 saturated heterocycles. The van der Waals surface area contributed by atoms with Crippen LogP contribution in [0.3, 0.4) is 0 Å². The smallest absolute Gasteiger partial charge is 0.191 e. The van der Waals surface area contributed by atoms with Crippen LogP contribution in [0, 0.1) is 0 Å². The van der Waals surface area contributed by atoms with Crippen LogP contribution in [0.1, 0.15) is 63.5 Å². The normalized spacial score (nSPS) is 16.0. The van der Waals surface area contributed by atoms with Gasteiger partial charge in [0.25, 0.3) is 0 Å². The predicted octanol–water partition coefficient (Wildman–Crippen LogP) is 3.76. The van der Waals surface area contributed by atoms with Crippen molar-refractivity contribution in [1.82, 2.24) is 15.5 Å². The summed E-state index contributed by atoms with van der Waals surface area (Å²) in [6.07, 6.45) is 4.98. The Kier molecular flexibility index (Phi) is 13.6. The highest BCUT2D eigenvalue weighted by Crippen LogP contribution is 2.15. The number of likely N-dealkylation sites (tertiary alicyclic amines) is 1. The summed E-state index contributed by atoms with van der Waals surface area (Å²) in [5, 5.41) is 16.4. The van der Waals surface area contributed by atoms with Crippen LogP contribution in [0.5, 0.6) is 0 Å². The molecular weight excluding hydrogens is 475 g/mol. The Morgan fingerprint density at radius 3 is 2.45 bits per heavy atom. The Morgan fingerprint density at radius 2 is 1.83 bits per heavy atom. The molecule has 1 heterocycles. The molecule has 0 atom stereocenters. The van der Waals surface area contributed by atoms with E-state index in [-0.39, 0.29) is 30.1 Å². The molecule has 1 aromatic rings. The third kappa shape index (κ3) is 10.6. The maximum atomic E-state index is 9.58. The summed E-state index contributed by atoms with van der Waals surface area (Å²) in [6.45, 7) is 12.4. The zero-order valence-corrected chi connectivity index (χ0v) is 20.8. The van der Waals surface area contributed by atoms with Gasteiger partial charge < -0.3 is 20.6 Å². The maximum Gasteiger partial charge on any atom is 0.191 e. The average molecular weight is 517 g/mol. The Morgan fingerprint density at radius 1 is 1.14 bits per heavy atom. The van der Waals surface area contributed by atoms with Gasteiger partial charge in [-0.15, -0.1) is 24.0 Å². The lowest BCUT2D eigenvalue weighted by molar-refractivity contribution is 0.0823. The van der Waals surface area contributed by atoms with Gasteiger partial charge in [0, 0.05) is 32.7 Å². The number of halogens is 1. The molecule has 1 aliphatic rings. The molecule has 0 aliphatic carbocycles. The van der Waals surface area contributed by atoms with Crippen molar-refractivity contribution in [2.24, 2.45) is 4.99 Å². The van der Waals surface area contributed by atoms with E-state index in [1.54, 1.807) is 0 Å². The van der Waals surface area contributed by atoms with E-state index in [0.717, 1.165) is 77.3 Å². The first kappa shape index (κ1) is 26.2. The van der Waals surface area contributed by atoms with Crippen molar-refractivity contribution in [1.29, 1.82) is 0 Å². The van der Waals surface area contributed by atoms with Crippen LogP contribution < -0.4 is 10.6 Å². The van der Waals surface area contributed by atoms with Crippen LogP contribution >= 0.6 is 24.0 Å². The van der Waals surface area contributed by atoms with Gasteiger partial charge in [-0.05, 0) is 62.6 Å². The molecule has 3 N–H and O–H groups in total. The van der Waals surface area contributed by atoms with Gasteiger partial charge in [-0.2, -0.15) is 0 Å². The molecule has 2 rings (SSSR count). The lowest BCUT2D eigenvalue weighted by atomic mass is 10.0. The first-order valence-electron chi connectivity index (χ1n) is 11.1. The van der Waals surface area contributed by atoms with Gasteiger partial charge in [-0.25, -0.2) is 0 Å². The quantitative estimate of drug-likeness (QED) is 0.192. The SMILES string of the molecule is CCNC(=NCCCc1ccc(C(C)C)cc1)NCCCN1CCC(O)CC1.I. The van der Waals surface area contributed by atoms with Gasteiger partial charge in [-0.1, -0.05) is 38.1 Å². The molecule has 0 saturated carbocycles. The standard InChI is InChI=1S/C23H40N4O.HI/c1-4-24-23(26-15-6-16-27-17-12-22(28)13-18-27)25-14-5-7-20-8-10-21(11-9-20)19(2)3;/h8-11,19,22,28H,4-7,12-18H2,1-3H3,(H2,24,25,26);1H. The van der Waals surface area contributed by atoms with Crippen molar-refractivity contribution in [2.45, 2.75) is 64.9 Å². The van der Waals surface area contributed by atoms with E-state index in [1.165, 1.54) is 11.1 Å².